The molecule has 0 aliphatic heterocycles. The molecule has 0 fully saturated rings. The second kappa shape index (κ2) is 9.62. The van der Waals surface area contributed by atoms with Gasteiger partial charge in [-0.3, -0.25) is 14.8 Å². The van der Waals surface area contributed by atoms with Gasteiger partial charge in [0, 0.05) is 27.2 Å². The van der Waals surface area contributed by atoms with E-state index in [1.807, 2.05) is 17.5 Å². The summed E-state index contributed by atoms with van der Waals surface area (Å²) >= 11 is 7.22. The molecule has 7 nitrogen and oxygen atoms in total. The fourth-order valence-electron chi connectivity index (χ4n) is 2.91. The third-order valence-electron chi connectivity index (χ3n) is 4.63. The van der Waals surface area contributed by atoms with Crippen LogP contribution in [0.1, 0.15) is 10.4 Å². The van der Waals surface area contributed by atoms with Gasteiger partial charge in [-0.2, -0.15) is 0 Å². The zero-order chi connectivity index (χ0) is 23.4. The predicted octanol–water partition coefficient (Wildman–Crippen LogP) is 5.53. The number of hydrogen-bond donors (Lipinski definition) is 2. The number of benzene rings is 3. The van der Waals surface area contributed by atoms with Crippen LogP contribution in [0.2, 0.25) is 5.02 Å². The quantitative estimate of drug-likeness (QED) is 0.348. The van der Waals surface area contributed by atoms with Crippen LogP contribution >= 0.6 is 22.9 Å². The van der Waals surface area contributed by atoms with Crippen LogP contribution in [0.15, 0.2) is 83.1 Å². The van der Waals surface area contributed by atoms with Gasteiger partial charge < -0.3 is 4.74 Å². The third kappa shape index (κ3) is 5.51. The van der Waals surface area contributed by atoms with Crippen molar-refractivity contribution in [2.24, 2.45) is 0 Å². The molecule has 33 heavy (non-hydrogen) atoms. The molecule has 0 saturated carbocycles. The molecule has 1 amide bonds. The molecular formula is C23H18ClN3O4S2. The highest BCUT2D eigenvalue weighted by Gasteiger charge is 2.15. The standard InChI is InChI=1S/C23H18ClN3O4S2/c1-31-19-10-12-20(13-11-19)33(29,30)27-18-8-4-16(5-9-18)22(28)26-23-25-21(14-32-23)15-2-6-17(24)7-3-15/h2-14,27H,1H3,(H,25,26,28). The predicted molar refractivity (Wildman–Crippen MR) is 131 cm³/mol. The second-order valence-corrected chi connectivity index (χ2v) is 9.83. The van der Waals surface area contributed by atoms with Crippen LogP contribution in [0.3, 0.4) is 0 Å². The highest BCUT2D eigenvalue weighted by atomic mass is 35.5. The van der Waals surface area contributed by atoms with E-state index in [1.165, 1.54) is 54.8 Å². The van der Waals surface area contributed by atoms with Crippen molar-refractivity contribution in [2.45, 2.75) is 4.90 Å². The van der Waals surface area contributed by atoms with Crippen molar-refractivity contribution in [2.75, 3.05) is 17.1 Å². The van der Waals surface area contributed by atoms with E-state index in [0.717, 1.165) is 11.3 Å². The van der Waals surface area contributed by atoms with Gasteiger partial charge in [0.15, 0.2) is 5.13 Å². The minimum absolute atomic E-state index is 0.102. The van der Waals surface area contributed by atoms with Gasteiger partial charge in [-0.1, -0.05) is 23.7 Å². The topological polar surface area (TPSA) is 97.4 Å². The summed E-state index contributed by atoms with van der Waals surface area (Å²) in [6.45, 7) is 0. The lowest BCUT2D eigenvalue weighted by atomic mass is 10.2. The maximum Gasteiger partial charge on any atom is 0.261 e. The Balaban J connectivity index is 1.41. The normalized spacial score (nSPS) is 11.1. The Morgan fingerprint density at radius 2 is 1.64 bits per heavy atom. The summed E-state index contributed by atoms with van der Waals surface area (Å²) in [5.74, 6) is 0.210. The summed E-state index contributed by atoms with van der Waals surface area (Å²) in [7, 11) is -2.26. The molecule has 3 aromatic carbocycles. The van der Waals surface area contributed by atoms with Crippen LogP contribution in [0.4, 0.5) is 10.8 Å². The van der Waals surface area contributed by atoms with Gasteiger partial charge in [-0.25, -0.2) is 13.4 Å². The van der Waals surface area contributed by atoms with Crippen LogP contribution < -0.4 is 14.8 Å². The fraction of sp³-hybridized carbons (Fsp3) is 0.0435. The molecule has 0 aliphatic carbocycles. The number of amides is 1. The van der Waals surface area contributed by atoms with Crippen molar-refractivity contribution >= 4 is 49.7 Å². The highest BCUT2D eigenvalue weighted by Crippen LogP contribution is 2.26. The fourth-order valence-corrected chi connectivity index (χ4v) is 4.81. The zero-order valence-corrected chi connectivity index (χ0v) is 19.7. The van der Waals surface area contributed by atoms with Crippen LogP contribution in [-0.2, 0) is 10.0 Å². The number of carbonyl (C=O) groups is 1. The molecule has 0 unspecified atom stereocenters. The maximum atomic E-state index is 12.6. The summed E-state index contributed by atoms with van der Waals surface area (Å²) < 4.78 is 32.6. The number of nitrogens with zero attached hydrogens (tertiary/aromatic N) is 1. The Morgan fingerprint density at radius 3 is 2.27 bits per heavy atom. The number of aromatic nitrogens is 1. The number of hydrogen-bond acceptors (Lipinski definition) is 6. The molecule has 0 bridgehead atoms. The van der Waals surface area contributed by atoms with Crippen molar-refractivity contribution in [3.05, 3.63) is 88.8 Å². The average Bonchev–Trinajstić information content (AvgIpc) is 3.28. The monoisotopic (exact) mass is 499 g/mol. The Kier molecular flexibility index (Phi) is 6.64. The van der Waals surface area contributed by atoms with E-state index in [-0.39, 0.29) is 10.8 Å². The van der Waals surface area contributed by atoms with Crippen LogP contribution in [0, 0.1) is 0 Å². The van der Waals surface area contributed by atoms with E-state index in [1.54, 1.807) is 24.3 Å². The van der Waals surface area contributed by atoms with E-state index in [9.17, 15) is 13.2 Å². The molecule has 4 rings (SSSR count). The van der Waals surface area contributed by atoms with E-state index in [2.05, 4.69) is 15.0 Å². The summed E-state index contributed by atoms with van der Waals surface area (Å²) in [5.41, 5.74) is 2.33. The summed E-state index contributed by atoms with van der Waals surface area (Å²) in [6, 6.07) is 19.4. The summed E-state index contributed by atoms with van der Waals surface area (Å²) in [5, 5.41) is 5.69. The number of ether oxygens (including phenoxy) is 1. The number of sulfonamides is 1. The maximum absolute atomic E-state index is 12.6. The lowest BCUT2D eigenvalue weighted by molar-refractivity contribution is 0.102. The minimum atomic E-state index is -3.77. The van der Waals surface area contributed by atoms with Gasteiger partial charge in [0.1, 0.15) is 5.75 Å². The number of thiazole rings is 1. The average molecular weight is 500 g/mol. The highest BCUT2D eigenvalue weighted by molar-refractivity contribution is 7.92. The van der Waals surface area contributed by atoms with E-state index in [4.69, 9.17) is 16.3 Å². The largest absolute Gasteiger partial charge is 0.497 e. The van der Waals surface area contributed by atoms with Gasteiger partial charge in [-0.15, -0.1) is 11.3 Å². The van der Waals surface area contributed by atoms with Crippen LogP contribution in [-0.4, -0.2) is 26.4 Å². The van der Waals surface area contributed by atoms with E-state index in [0.29, 0.717) is 27.2 Å². The van der Waals surface area contributed by atoms with Gasteiger partial charge in [0.2, 0.25) is 0 Å². The van der Waals surface area contributed by atoms with E-state index >= 15 is 0 Å². The molecule has 2 N–H and O–H groups in total. The first kappa shape index (κ1) is 22.8. The number of halogens is 1. The van der Waals surface area contributed by atoms with Gasteiger partial charge in [0.25, 0.3) is 15.9 Å². The Morgan fingerprint density at radius 1 is 0.970 bits per heavy atom. The molecule has 168 valence electrons. The Bertz CT molecular complexity index is 1370. The van der Waals surface area contributed by atoms with Crippen molar-refractivity contribution in [3.63, 3.8) is 0 Å². The van der Waals surface area contributed by atoms with Crippen LogP contribution in [0.25, 0.3) is 11.3 Å². The molecule has 1 heterocycles. The van der Waals surface area contributed by atoms with Crippen molar-refractivity contribution in [1.29, 1.82) is 0 Å². The first-order valence-electron chi connectivity index (χ1n) is 9.64. The molecule has 1 aromatic heterocycles. The lowest BCUT2D eigenvalue weighted by Crippen LogP contribution is -2.14. The number of carbonyl (C=O) groups excluding carboxylic acids is 1. The first-order valence-corrected chi connectivity index (χ1v) is 12.4. The van der Waals surface area contributed by atoms with Crippen molar-refractivity contribution in [3.8, 4) is 17.0 Å². The molecule has 0 atom stereocenters. The number of methoxy groups -OCH3 is 1. The number of nitrogens with one attached hydrogen (secondary N) is 2. The molecule has 10 heteroatoms. The third-order valence-corrected chi connectivity index (χ3v) is 7.04. The van der Waals surface area contributed by atoms with Gasteiger partial charge >= 0.3 is 0 Å². The number of anilines is 2. The number of rotatable bonds is 7. The minimum Gasteiger partial charge on any atom is -0.497 e. The van der Waals surface area contributed by atoms with Crippen LogP contribution in [0.5, 0.6) is 5.75 Å². The Hall–Kier alpha value is -3.40. The van der Waals surface area contributed by atoms with Crippen molar-refractivity contribution in [1.82, 2.24) is 4.98 Å². The van der Waals surface area contributed by atoms with Gasteiger partial charge in [0.05, 0.1) is 17.7 Å². The summed E-state index contributed by atoms with van der Waals surface area (Å²) in [6.07, 6.45) is 0. The zero-order valence-electron chi connectivity index (χ0n) is 17.3. The first-order chi connectivity index (χ1) is 15.8. The van der Waals surface area contributed by atoms with E-state index < -0.39 is 10.0 Å². The Labute approximate surface area is 200 Å². The molecule has 4 aromatic rings. The van der Waals surface area contributed by atoms with Crippen molar-refractivity contribution < 1.29 is 17.9 Å². The molecule has 0 saturated heterocycles. The molecular weight excluding hydrogens is 482 g/mol. The molecule has 0 radical (unpaired) electrons. The lowest BCUT2D eigenvalue weighted by Gasteiger charge is -2.09. The second-order valence-electron chi connectivity index (χ2n) is 6.86. The molecule has 0 aliphatic rings. The SMILES string of the molecule is COc1ccc(S(=O)(=O)Nc2ccc(C(=O)Nc3nc(-c4ccc(Cl)cc4)cs3)cc2)cc1. The molecule has 0 spiro atoms. The van der Waals surface area contributed by atoms with Gasteiger partial charge in [-0.05, 0) is 60.7 Å². The summed E-state index contributed by atoms with van der Waals surface area (Å²) in [4.78, 5) is 17.1. The smallest absolute Gasteiger partial charge is 0.261 e.